The fourth-order valence-corrected chi connectivity index (χ4v) is 4.51. The smallest absolute Gasteiger partial charge is 0.270 e. The molecule has 1 aromatic heterocycles. The van der Waals surface area contributed by atoms with Gasteiger partial charge in [-0.1, -0.05) is 30.3 Å². The van der Waals surface area contributed by atoms with Gasteiger partial charge in [-0.15, -0.1) is 0 Å². The first-order valence-electron chi connectivity index (χ1n) is 9.93. The molecule has 2 N–H and O–H groups in total. The molecule has 2 fully saturated rings. The molecule has 3 aliphatic heterocycles. The van der Waals surface area contributed by atoms with Crippen molar-refractivity contribution in [2.24, 2.45) is 11.8 Å². The Balaban J connectivity index is 1.46. The molecule has 1 aromatic carbocycles. The summed E-state index contributed by atoms with van der Waals surface area (Å²) in [6.07, 6.45) is 2.24. The largest absolute Gasteiger partial charge is 0.355 e. The van der Waals surface area contributed by atoms with E-state index in [-0.39, 0.29) is 17.7 Å². The summed E-state index contributed by atoms with van der Waals surface area (Å²) in [5.74, 6) is 1.90. The molecule has 28 heavy (non-hydrogen) atoms. The van der Waals surface area contributed by atoms with Gasteiger partial charge in [-0.2, -0.15) is 0 Å². The van der Waals surface area contributed by atoms with Gasteiger partial charge in [-0.25, -0.2) is 9.97 Å². The highest BCUT2D eigenvalue weighted by molar-refractivity contribution is 5.96. The quantitative estimate of drug-likeness (QED) is 0.820. The minimum absolute atomic E-state index is 0.0239. The van der Waals surface area contributed by atoms with Crippen molar-refractivity contribution in [1.82, 2.24) is 20.6 Å². The zero-order chi connectivity index (χ0) is 19.1. The molecule has 0 spiro atoms. The molecule has 2 atom stereocenters. The first-order chi connectivity index (χ1) is 13.7. The van der Waals surface area contributed by atoms with Gasteiger partial charge in [0, 0.05) is 44.1 Å². The van der Waals surface area contributed by atoms with Crippen LogP contribution < -0.4 is 15.5 Å². The van der Waals surface area contributed by atoms with Crippen LogP contribution in [0.5, 0.6) is 0 Å². The van der Waals surface area contributed by atoms with Gasteiger partial charge in [-0.3, -0.25) is 9.59 Å². The maximum Gasteiger partial charge on any atom is 0.270 e. The zero-order valence-corrected chi connectivity index (χ0v) is 15.6. The number of fused-ring (bicyclic) bond motifs is 2. The molecule has 0 radical (unpaired) electrons. The van der Waals surface area contributed by atoms with E-state index in [1.807, 2.05) is 18.2 Å². The van der Waals surface area contributed by atoms with Gasteiger partial charge < -0.3 is 15.5 Å². The summed E-state index contributed by atoms with van der Waals surface area (Å²) in [5, 5.41) is 5.84. The molecule has 2 aromatic rings. The van der Waals surface area contributed by atoms with Crippen LogP contribution in [0.1, 0.15) is 27.4 Å². The Hall–Kier alpha value is -2.96. The minimum atomic E-state index is -0.122. The van der Waals surface area contributed by atoms with E-state index in [1.54, 1.807) is 0 Å². The van der Waals surface area contributed by atoms with E-state index in [9.17, 15) is 9.59 Å². The number of hydrogen-bond donors (Lipinski definition) is 2. The molecular formula is C21H23N5O2. The van der Waals surface area contributed by atoms with Crippen LogP contribution >= 0.6 is 0 Å². The predicted molar refractivity (Wildman–Crippen MR) is 104 cm³/mol. The third-order valence-electron chi connectivity index (χ3n) is 6.00. The molecule has 144 valence electrons. The highest BCUT2D eigenvalue weighted by Crippen LogP contribution is 2.33. The summed E-state index contributed by atoms with van der Waals surface area (Å²) in [6, 6.07) is 10.2. The minimum Gasteiger partial charge on any atom is -0.355 e. The third kappa shape index (κ3) is 3.00. The molecule has 0 saturated carbocycles. The van der Waals surface area contributed by atoms with E-state index >= 15 is 0 Å². The molecule has 0 aliphatic carbocycles. The highest BCUT2D eigenvalue weighted by atomic mass is 16.2. The lowest BCUT2D eigenvalue weighted by atomic mass is 10.0. The fraction of sp³-hybridized carbons (Fsp3) is 0.429. The molecule has 2 amide bonds. The van der Waals surface area contributed by atoms with E-state index in [4.69, 9.17) is 4.98 Å². The van der Waals surface area contributed by atoms with Gasteiger partial charge in [0.05, 0.1) is 5.92 Å². The molecule has 0 bridgehead atoms. The normalized spacial score (nSPS) is 23.2. The van der Waals surface area contributed by atoms with Crippen LogP contribution in [0, 0.1) is 11.8 Å². The Kier molecular flexibility index (Phi) is 4.22. The van der Waals surface area contributed by atoms with Crippen LogP contribution in [-0.2, 0) is 24.1 Å². The van der Waals surface area contributed by atoms with Gasteiger partial charge in [0.25, 0.3) is 5.91 Å². The second-order valence-corrected chi connectivity index (χ2v) is 7.80. The fourth-order valence-electron chi connectivity index (χ4n) is 4.51. The van der Waals surface area contributed by atoms with Crippen LogP contribution in [0.4, 0.5) is 5.82 Å². The Morgan fingerprint density at radius 3 is 2.71 bits per heavy atom. The maximum atomic E-state index is 12.4. The molecule has 0 unspecified atom stereocenters. The van der Waals surface area contributed by atoms with E-state index in [0.29, 0.717) is 36.9 Å². The number of carbonyl (C=O) groups is 2. The Bertz CT molecular complexity index is 930. The van der Waals surface area contributed by atoms with Crippen molar-refractivity contribution >= 4 is 17.6 Å². The lowest BCUT2D eigenvalue weighted by Crippen LogP contribution is -2.36. The van der Waals surface area contributed by atoms with Crippen molar-refractivity contribution < 1.29 is 9.59 Å². The number of nitrogens with one attached hydrogen (secondary N) is 2. The van der Waals surface area contributed by atoms with Gasteiger partial charge in [0.2, 0.25) is 5.91 Å². The van der Waals surface area contributed by atoms with Crippen molar-refractivity contribution in [2.45, 2.75) is 19.3 Å². The number of nitrogens with zero attached hydrogens (tertiary/aromatic N) is 3. The Morgan fingerprint density at radius 2 is 1.89 bits per heavy atom. The van der Waals surface area contributed by atoms with Crippen molar-refractivity contribution in [1.29, 1.82) is 0 Å². The van der Waals surface area contributed by atoms with Crippen molar-refractivity contribution in [3.8, 4) is 0 Å². The average Bonchev–Trinajstić information content (AvgIpc) is 3.29. The molecule has 3 aliphatic rings. The number of aryl methyl sites for hydroxylation is 2. The first-order valence-corrected chi connectivity index (χ1v) is 9.93. The van der Waals surface area contributed by atoms with Crippen LogP contribution in [0.3, 0.4) is 0 Å². The predicted octanol–water partition coefficient (Wildman–Crippen LogP) is 0.730. The summed E-state index contributed by atoms with van der Waals surface area (Å²) < 4.78 is 0. The van der Waals surface area contributed by atoms with E-state index < -0.39 is 0 Å². The maximum absolute atomic E-state index is 12.4. The van der Waals surface area contributed by atoms with Gasteiger partial charge in [0.15, 0.2) is 0 Å². The highest BCUT2D eigenvalue weighted by Gasteiger charge is 2.43. The number of aromatic nitrogens is 2. The summed E-state index contributed by atoms with van der Waals surface area (Å²) >= 11 is 0. The van der Waals surface area contributed by atoms with Crippen molar-refractivity contribution in [2.75, 3.05) is 31.1 Å². The van der Waals surface area contributed by atoms with Crippen molar-refractivity contribution in [3.63, 3.8) is 0 Å². The SMILES string of the molecule is O=C1NCCc2c1nc(CCc1ccccc1)nc2N1C[C@@H]2CNC(=O)[C@@H]2C1. The molecular weight excluding hydrogens is 354 g/mol. The topological polar surface area (TPSA) is 87.2 Å². The van der Waals surface area contributed by atoms with Crippen LogP contribution in [0.2, 0.25) is 0 Å². The standard InChI is InChI=1S/C21H23N5O2/c27-20-16-12-26(11-14(16)10-23-20)19-15-8-9-22-21(28)18(15)24-17(25-19)7-6-13-4-2-1-3-5-13/h1-5,14,16H,6-12H2,(H,22,28)(H,23,27)/t14-,16+/m0/s1. The number of anilines is 1. The molecule has 7 heteroatoms. The number of amides is 2. The van der Waals surface area contributed by atoms with Gasteiger partial charge >= 0.3 is 0 Å². The summed E-state index contributed by atoms with van der Waals surface area (Å²) in [6.45, 7) is 2.80. The molecule has 5 rings (SSSR count). The second kappa shape index (κ2) is 6.89. The first kappa shape index (κ1) is 17.2. The lowest BCUT2D eigenvalue weighted by molar-refractivity contribution is -0.122. The molecule has 2 saturated heterocycles. The lowest BCUT2D eigenvalue weighted by Gasteiger charge is -2.26. The van der Waals surface area contributed by atoms with E-state index in [2.05, 4.69) is 32.7 Å². The summed E-state index contributed by atoms with van der Waals surface area (Å²) in [5.41, 5.74) is 2.65. The number of benzene rings is 1. The van der Waals surface area contributed by atoms with Crippen LogP contribution in [0.25, 0.3) is 0 Å². The second-order valence-electron chi connectivity index (χ2n) is 7.80. The average molecular weight is 377 g/mol. The van der Waals surface area contributed by atoms with Crippen LogP contribution in [-0.4, -0.2) is 48.0 Å². The van der Waals surface area contributed by atoms with Gasteiger partial charge in [0.1, 0.15) is 17.3 Å². The van der Waals surface area contributed by atoms with Gasteiger partial charge in [-0.05, 0) is 18.4 Å². The third-order valence-corrected chi connectivity index (χ3v) is 6.00. The molecule has 7 nitrogen and oxygen atoms in total. The van der Waals surface area contributed by atoms with Crippen LogP contribution in [0.15, 0.2) is 30.3 Å². The van der Waals surface area contributed by atoms with Crippen molar-refractivity contribution in [3.05, 3.63) is 53.0 Å². The molecule has 4 heterocycles. The Morgan fingerprint density at radius 1 is 1.04 bits per heavy atom. The number of rotatable bonds is 4. The summed E-state index contributed by atoms with van der Waals surface area (Å²) in [7, 11) is 0. The number of hydrogen-bond acceptors (Lipinski definition) is 5. The Labute approximate surface area is 163 Å². The zero-order valence-electron chi connectivity index (χ0n) is 15.6. The monoisotopic (exact) mass is 377 g/mol. The van der Waals surface area contributed by atoms with E-state index in [1.165, 1.54) is 5.56 Å². The summed E-state index contributed by atoms with van der Waals surface area (Å²) in [4.78, 5) is 36.2. The number of carbonyl (C=O) groups excluding carboxylic acids is 2. The van der Waals surface area contributed by atoms with E-state index in [0.717, 1.165) is 37.3 Å².